The lowest BCUT2D eigenvalue weighted by Gasteiger charge is -2.45. The van der Waals surface area contributed by atoms with Crippen LogP contribution in [0.3, 0.4) is 0 Å². The van der Waals surface area contributed by atoms with Crippen LogP contribution in [0, 0.1) is 5.92 Å². The Hall–Kier alpha value is -1.18. The molecule has 2 heteroatoms. The van der Waals surface area contributed by atoms with E-state index in [1.54, 1.807) is 0 Å². The summed E-state index contributed by atoms with van der Waals surface area (Å²) in [4.78, 5) is 0. The van der Waals surface area contributed by atoms with Crippen molar-refractivity contribution in [1.82, 2.24) is 0 Å². The third kappa shape index (κ3) is 2.53. The first-order valence-electron chi connectivity index (χ1n) is 7.99. The Kier molecular flexibility index (Phi) is 4.31. The Balaban J connectivity index is 2.53. The van der Waals surface area contributed by atoms with E-state index >= 15 is 0 Å². The minimum Gasteiger partial charge on any atom is -0.508 e. The molecule has 2 rings (SSSR count). The molecule has 0 aromatic heterocycles. The molecule has 20 heavy (non-hydrogen) atoms. The van der Waals surface area contributed by atoms with Gasteiger partial charge in [0, 0.05) is 11.5 Å². The van der Waals surface area contributed by atoms with Gasteiger partial charge in [-0.15, -0.1) is 0 Å². The van der Waals surface area contributed by atoms with Gasteiger partial charge >= 0.3 is 0 Å². The van der Waals surface area contributed by atoms with Crippen LogP contribution >= 0.6 is 0 Å². The van der Waals surface area contributed by atoms with Crippen LogP contribution in [0.4, 0.5) is 0 Å². The molecule has 0 fully saturated rings. The van der Waals surface area contributed by atoms with Crippen molar-refractivity contribution >= 4 is 0 Å². The molecule has 1 heterocycles. The molecule has 0 radical (unpaired) electrons. The summed E-state index contributed by atoms with van der Waals surface area (Å²) in [5, 5.41) is 10.5. The molecule has 0 aliphatic carbocycles. The molecule has 0 amide bonds. The van der Waals surface area contributed by atoms with E-state index in [1.807, 2.05) is 6.07 Å². The fourth-order valence-electron chi connectivity index (χ4n) is 3.87. The zero-order valence-electron chi connectivity index (χ0n) is 13.5. The van der Waals surface area contributed by atoms with E-state index in [0.717, 1.165) is 37.0 Å². The monoisotopic (exact) mass is 276 g/mol. The quantitative estimate of drug-likeness (QED) is 0.835. The van der Waals surface area contributed by atoms with Gasteiger partial charge in [0.05, 0.1) is 0 Å². The zero-order valence-corrected chi connectivity index (χ0v) is 13.5. The van der Waals surface area contributed by atoms with Crippen molar-refractivity contribution < 1.29 is 9.84 Å². The van der Waals surface area contributed by atoms with Gasteiger partial charge < -0.3 is 9.84 Å². The van der Waals surface area contributed by atoms with Gasteiger partial charge in [0.1, 0.15) is 17.1 Å². The number of rotatable bonds is 4. The van der Waals surface area contributed by atoms with E-state index in [9.17, 15) is 5.11 Å². The highest BCUT2D eigenvalue weighted by Crippen LogP contribution is 2.51. The summed E-state index contributed by atoms with van der Waals surface area (Å²) in [7, 11) is 0. The number of fused-ring (bicyclic) bond motifs is 1. The van der Waals surface area contributed by atoms with Gasteiger partial charge in [-0.1, -0.05) is 27.2 Å². The lowest BCUT2D eigenvalue weighted by molar-refractivity contribution is 0.00623. The SMILES string of the molecule is CCCc1cc(O)c2c(c1)OC(C)(C)[C@H](CC)C2CC. The molecule has 1 aliphatic rings. The molecule has 2 nitrogen and oxygen atoms in total. The number of benzene rings is 1. The van der Waals surface area contributed by atoms with Crippen molar-refractivity contribution in [3.8, 4) is 11.5 Å². The minimum absolute atomic E-state index is 0.167. The van der Waals surface area contributed by atoms with E-state index < -0.39 is 0 Å². The lowest BCUT2D eigenvalue weighted by Crippen LogP contribution is -2.44. The average molecular weight is 276 g/mol. The summed E-state index contributed by atoms with van der Waals surface area (Å²) in [6, 6.07) is 4.06. The van der Waals surface area contributed by atoms with Crippen LogP contribution in [0.5, 0.6) is 11.5 Å². The predicted molar refractivity (Wildman–Crippen MR) is 83.6 cm³/mol. The standard InChI is InChI=1S/C18H28O2/c1-6-9-12-10-15(19)17-13(7-2)14(8-3)18(4,5)20-16(17)11-12/h10-11,13-14,19H,6-9H2,1-5H3/t13?,14-/m1/s1. The second-order valence-electron chi connectivity index (χ2n) is 6.51. The summed E-state index contributed by atoms with van der Waals surface area (Å²) in [6.07, 6.45) is 4.18. The van der Waals surface area contributed by atoms with Gasteiger partial charge in [-0.2, -0.15) is 0 Å². The summed E-state index contributed by atoms with van der Waals surface area (Å²) >= 11 is 0. The fraction of sp³-hybridized carbons (Fsp3) is 0.667. The van der Waals surface area contributed by atoms with Crippen LogP contribution < -0.4 is 4.74 Å². The Morgan fingerprint density at radius 2 is 1.85 bits per heavy atom. The van der Waals surface area contributed by atoms with Crippen LogP contribution in [0.15, 0.2) is 12.1 Å². The van der Waals surface area contributed by atoms with Gasteiger partial charge in [-0.3, -0.25) is 0 Å². The van der Waals surface area contributed by atoms with Crippen LogP contribution in [-0.4, -0.2) is 10.7 Å². The molecule has 112 valence electrons. The van der Waals surface area contributed by atoms with E-state index in [1.165, 1.54) is 5.56 Å². The highest BCUT2D eigenvalue weighted by molar-refractivity contribution is 5.51. The van der Waals surface area contributed by atoms with Crippen molar-refractivity contribution in [2.75, 3.05) is 0 Å². The number of phenolic OH excluding ortho intramolecular Hbond substituents is 1. The highest BCUT2D eigenvalue weighted by Gasteiger charge is 2.43. The number of aromatic hydroxyl groups is 1. The summed E-state index contributed by atoms with van der Waals surface area (Å²) in [6.45, 7) is 10.9. The molecule has 1 N–H and O–H groups in total. The van der Waals surface area contributed by atoms with Crippen LogP contribution in [0.1, 0.15) is 70.9 Å². The predicted octanol–water partition coefficient (Wildman–Crippen LogP) is 5.04. The highest BCUT2D eigenvalue weighted by atomic mass is 16.5. The average Bonchev–Trinajstić information content (AvgIpc) is 2.36. The first-order valence-corrected chi connectivity index (χ1v) is 7.99. The molecule has 0 saturated heterocycles. The Morgan fingerprint density at radius 3 is 2.40 bits per heavy atom. The maximum atomic E-state index is 10.5. The maximum absolute atomic E-state index is 10.5. The molecule has 0 bridgehead atoms. The van der Waals surface area contributed by atoms with Crippen LogP contribution in [0.25, 0.3) is 0 Å². The van der Waals surface area contributed by atoms with Crippen molar-refractivity contribution in [3.05, 3.63) is 23.3 Å². The topological polar surface area (TPSA) is 29.5 Å². The number of ether oxygens (including phenoxy) is 1. The first kappa shape index (κ1) is 15.2. The number of hydrogen-bond acceptors (Lipinski definition) is 2. The molecule has 1 aromatic carbocycles. The van der Waals surface area contributed by atoms with E-state index in [4.69, 9.17) is 4.74 Å². The fourth-order valence-corrected chi connectivity index (χ4v) is 3.87. The normalized spacial score (nSPS) is 24.1. The van der Waals surface area contributed by atoms with Crippen LogP contribution in [0.2, 0.25) is 0 Å². The van der Waals surface area contributed by atoms with Crippen LogP contribution in [-0.2, 0) is 6.42 Å². The number of aryl methyl sites for hydroxylation is 1. The van der Waals surface area contributed by atoms with Gasteiger partial charge in [0.2, 0.25) is 0 Å². The molecule has 0 saturated carbocycles. The smallest absolute Gasteiger partial charge is 0.127 e. The molecule has 1 aromatic rings. The van der Waals surface area contributed by atoms with Gasteiger partial charge in [-0.05, 0) is 56.7 Å². The number of phenols is 1. The van der Waals surface area contributed by atoms with E-state index in [2.05, 4.69) is 40.7 Å². The van der Waals surface area contributed by atoms with Gasteiger partial charge in [0.15, 0.2) is 0 Å². The maximum Gasteiger partial charge on any atom is 0.127 e. The molecular weight excluding hydrogens is 248 g/mol. The number of hydrogen-bond donors (Lipinski definition) is 1. The molecule has 0 spiro atoms. The summed E-state index contributed by atoms with van der Waals surface area (Å²) in [5.41, 5.74) is 2.03. The summed E-state index contributed by atoms with van der Waals surface area (Å²) < 4.78 is 6.26. The minimum atomic E-state index is -0.167. The molecular formula is C18H28O2. The van der Waals surface area contributed by atoms with Gasteiger partial charge in [-0.25, -0.2) is 0 Å². The lowest BCUT2D eigenvalue weighted by atomic mass is 9.71. The zero-order chi connectivity index (χ0) is 14.9. The second-order valence-corrected chi connectivity index (χ2v) is 6.51. The Labute approximate surface area is 123 Å². The van der Waals surface area contributed by atoms with E-state index in [0.29, 0.717) is 17.6 Å². The van der Waals surface area contributed by atoms with Crippen molar-refractivity contribution in [1.29, 1.82) is 0 Å². The Bertz CT molecular complexity index is 477. The summed E-state index contributed by atoms with van der Waals surface area (Å²) in [5.74, 6) is 2.15. The molecule has 2 atom stereocenters. The molecule has 1 aliphatic heterocycles. The first-order chi connectivity index (χ1) is 9.44. The van der Waals surface area contributed by atoms with Crippen molar-refractivity contribution in [2.24, 2.45) is 5.92 Å². The molecule has 1 unspecified atom stereocenters. The third-order valence-corrected chi connectivity index (χ3v) is 4.72. The second kappa shape index (κ2) is 5.67. The van der Waals surface area contributed by atoms with E-state index in [-0.39, 0.29) is 5.60 Å². The van der Waals surface area contributed by atoms with Crippen molar-refractivity contribution in [3.63, 3.8) is 0 Å². The van der Waals surface area contributed by atoms with Gasteiger partial charge in [0.25, 0.3) is 0 Å². The van der Waals surface area contributed by atoms with Crippen molar-refractivity contribution in [2.45, 2.75) is 71.8 Å². The third-order valence-electron chi connectivity index (χ3n) is 4.72. The largest absolute Gasteiger partial charge is 0.508 e. The Morgan fingerprint density at radius 1 is 1.15 bits per heavy atom.